The fraction of sp³-hybridized carbons (Fsp3) is 0. The van der Waals surface area contributed by atoms with Crippen LogP contribution in [0.1, 0.15) is 15.9 Å². The zero-order valence-electron chi connectivity index (χ0n) is 5.84. The normalized spacial score (nSPS) is 9.08. The minimum Gasteiger partial charge on any atom is -0.298 e. The number of nitrogens with zero attached hydrogens (tertiary/aromatic N) is 1. The molecule has 1 aromatic rings. The molecule has 60 valence electrons. The molecule has 2 nitrogen and oxygen atoms in total. The summed E-state index contributed by atoms with van der Waals surface area (Å²) in [5, 5.41) is 8.70. The van der Waals surface area contributed by atoms with Gasteiger partial charge in [0.25, 0.3) is 0 Å². The lowest BCUT2D eigenvalue weighted by Crippen LogP contribution is -1.90. The third-order valence-corrected chi connectivity index (χ3v) is 2.72. The number of carbonyl (C=O) groups is 1. The molecule has 0 fully saturated rings. The van der Waals surface area contributed by atoms with Gasteiger partial charge in [0.05, 0.1) is 5.56 Å². The zero-order chi connectivity index (χ0) is 9.14. The van der Waals surface area contributed by atoms with Crippen LogP contribution in [0.4, 0.5) is 0 Å². The second-order valence-electron chi connectivity index (χ2n) is 2.05. The van der Waals surface area contributed by atoms with E-state index in [0.29, 0.717) is 26.4 Å². The predicted molar refractivity (Wildman–Crippen MR) is 51.9 cm³/mol. The summed E-state index contributed by atoms with van der Waals surface area (Å²) in [6.45, 7) is 0. The summed E-state index contributed by atoms with van der Waals surface area (Å²) in [7, 11) is 0. The van der Waals surface area contributed by atoms with Gasteiger partial charge in [-0.05, 0) is 28.1 Å². The fourth-order valence-corrected chi connectivity index (χ4v) is 1.65. The van der Waals surface area contributed by atoms with Crippen molar-refractivity contribution in [1.29, 1.82) is 5.26 Å². The van der Waals surface area contributed by atoms with Crippen LogP contribution in [-0.2, 0) is 0 Å². The molecule has 0 bridgehead atoms. The van der Waals surface area contributed by atoms with Gasteiger partial charge in [0.2, 0.25) is 0 Å². The summed E-state index contributed by atoms with van der Waals surface area (Å²) in [5.74, 6) is 0. The van der Waals surface area contributed by atoms with E-state index in [9.17, 15) is 4.79 Å². The van der Waals surface area contributed by atoms with E-state index in [1.54, 1.807) is 12.1 Å². The van der Waals surface area contributed by atoms with Crippen molar-refractivity contribution in [2.24, 2.45) is 0 Å². The van der Waals surface area contributed by atoms with Crippen molar-refractivity contribution in [2.45, 2.75) is 0 Å². The molecule has 0 aliphatic rings. The Balaban J connectivity index is 3.52. The molecule has 12 heavy (non-hydrogen) atoms. The van der Waals surface area contributed by atoms with Gasteiger partial charge in [-0.15, -0.1) is 0 Å². The predicted octanol–water partition coefficient (Wildman–Crippen LogP) is 2.90. The number of halogens is 2. The lowest BCUT2D eigenvalue weighted by atomic mass is 10.1. The molecule has 0 N–H and O–H groups in total. The Bertz CT molecular complexity index is 368. The van der Waals surface area contributed by atoms with Crippen LogP contribution in [0.25, 0.3) is 0 Å². The van der Waals surface area contributed by atoms with E-state index in [2.05, 4.69) is 31.9 Å². The maximum Gasteiger partial charge on any atom is 0.152 e. The van der Waals surface area contributed by atoms with Crippen LogP contribution in [0.2, 0.25) is 0 Å². The molecular formula is C8H3Br2NO. The summed E-state index contributed by atoms with van der Waals surface area (Å²) >= 11 is 6.36. The average molecular weight is 289 g/mol. The molecule has 0 saturated heterocycles. The molecular weight excluding hydrogens is 286 g/mol. The van der Waals surface area contributed by atoms with E-state index < -0.39 is 0 Å². The number of hydrogen-bond acceptors (Lipinski definition) is 2. The molecule has 0 saturated carbocycles. The second-order valence-corrected chi connectivity index (χ2v) is 3.76. The van der Waals surface area contributed by atoms with Gasteiger partial charge in [0.15, 0.2) is 6.29 Å². The average Bonchev–Trinajstić information content (AvgIpc) is 2.08. The van der Waals surface area contributed by atoms with Crippen molar-refractivity contribution in [1.82, 2.24) is 0 Å². The highest BCUT2D eigenvalue weighted by atomic mass is 79.9. The Labute approximate surface area is 86.5 Å². The quantitative estimate of drug-likeness (QED) is 0.746. The van der Waals surface area contributed by atoms with Crippen LogP contribution in [0.15, 0.2) is 21.1 Å². The van der Waals surface area contributed by atoms with E-state index in [0.717, 1.165) is 0 Å². The largest absolute Gasteiger partial charge is 0.298 e. The number of benzene rings is 1. The molecule has 0 heterocycles. The number of nitriles is 1. The maximum absolute atomic E-state index is 10.6. The van der Waals surface area contributed by atoms with Gasteiger partial charge in [-0.3, -0.25) is 4.79 Å². The van der Waals surface area contributed by atoms with Crippen molar-refractivity contribution in [3.05, 3.63) is 32.2 Å². The first kappa shape index (κ1) is 9.43. The number of carbonyl (C=O) groups excluding carboxylic acids is 1. The highest BCUT2D eigenvalue weighted by Gasteiger charge is 2.08. The smallest absolute Gasteiger partial charge is 0.152 e. The molecule has 1 rings (SSSR count). The molecule has 4 heteroatoms. The summed E-state index contributed by atoms with van der Waals surface area (Å²) in [6, 6.07) is 5.38. The van der Waals surface area contributed by atoms with Crippen LogP contribution in [-0.4, -0.2) is 6.29 Å². The standard InChI is InChI=1S/C8H3Br2NO/c9-7-1-2-8(10)6(4-12)5(7)3-11/h1-2,4H. The lowest BCUT2D eigenvalue weighted by Gasteiger charge is -2.00. The highest BCUT2D eigenvalue weighted by Crippen LogP contribution is 2.25. The van der Waals surface area contributed by atoms with E-state index in [-0.39, 0.29) is 0 Å². The Hall–Kier alpha value is -0.660. The summed E-state index contributed by atoms with van der Waals surface area (Å²) in [6.07, 6.45) is 0.660. The minimum atomic E-state index is 0.361. The molecule has 0 aliphatic carbocycles. The summed E-state index contributed by atoms with van der Waals surface area (Å²) in [4.78, 5) is 10.6. The Kier molecular flexibility index (Phi) is 3.01. The lowest BCUT2D eigenvalue weighted by molar-refractivity contribution is 0.112. The third-order valence-electron chi connectivity index (χ3n) is 1.37. The number of hydrogen-bond donors (Lipinski definition) is 0. The molecule has 0 unspecified atom stereocenters. The highest BCUT2D eigenvalue weighted by molar-refractivity contribution is 9.11. The van der Waals surface area contributed by atoms with Gasteiger partial charge in [-0.2, -0.15) is 5.26 Å². The van der Waals surface area contributed by atoms with Crippen molar-refractivity contribution >= 4 is 38.1 Å². The van der Waals surface area contributed by atoms with Gasteiger partial charge < -0.3 is 0 Å². The van der Waals surface area contributed by atoms with Gasteiger partial charge in [-0.25, -0.2) is 0 Å². The first-order valence-electron chi connectivity index (χ1n) is 3.04. The van der Waals surface area contributed by atoms with E-state index in [1.807, 2.05) is 6.07 Å². The molecule has 0 aliphatic heterocycles. The van der Waals surface area contributed by atoms with E-state index >= 15 is 0 Å². The molecule has 1 aromatic carbocycles. The fourth-order valence-electron chi connectivity index (χ4n) is 0.796. The van der Waals surface area contributed by atoms with Crippen LogP contribution in [0.5, 0.6) is 0 Å². The third kappa shape index (κ3) is 1.57. The van der Waals surface area contributed by atoms with Gasteiger partial charge in [0, 0.05) is 14.5 Å². The van der Waals surface area contributed by atoms with Crippen LogP contribution in [0, 0.1) is 11.3 Å². The van der Waals surface area contributed by atoms with Gasteiger partial charge >= 0.3 is 0 Å². The molecule has 0 aromatic heterocycles. The van der Waals surface area contributed by atoms with Crippen molar-refractivity contribution in [3.8, 4) is 6.07 Å². The summed E-state index contributed by atoms with van der Waals surface area (Å²) in [5.41, 5.74) is 0.742. The Morgan fingerprint density at radius 2 is 1.92 bits per heavy atom. The minimum absolute atomic E-state index is 0.361. The van der Waals surface area contributed by atoms with Crippen LogP contribution < -0.4 is 0 Å². The van der Waals surface area contributed by atoms with E-state index in [1.165, 1.54) is 0 Å². The molecule has 0 amide bonds. The van der Waals surface area contributed by atoms with Crippen molar-refractivity contribution in [3.63, 3.8) is 0 Å². The SMILES string of the molecule is N#Cc1c(Br)ccc(Br)c1C=O. The molecule has 0 spiro atoms. The van der Waals surface area contributed by atoms with Crippen LogP contribution >= 0.6 is 31.9 Å². The Morgan fingerprint density at radius 3 is 2.33 bits per heavy atom. The first-order chi connectivity index (χ1) is 5.70. The number of aldehydes is 1. The molecule has 0 radical (unpaired) electrons. The maximum atomic E-state index is 10.6. The van der Waals surface area contributed by atoms with Crippen molar-refractivity contribution in [2.75, 3.05) is 0 Å². The van der Waals surface area contributed by atoms with E-state index in [4.69, 9.17) is 5.26 Å². The topological polar surface area (TPSA) is 40.9 Å². The number of rotatable bonds is 1. The van der Waals surface area contributed by atoms with Gasteiger partial charge in [0.1, 0.15) is 6.07 Å². The van der Waals surface area contributed by atoms with Crippen LogP contribution in [0.3, 0.4) is 0 Å². The molecule has 0 atom stereocenters. The van der Waals surface area contributed by atoms with Crippen molar-refractivity contribution < 1.29 is 4.79 Å². The second kappa shape index (κ2) is 3.83. The van der Waals surface area contributed by atoms with Gasteiger partial charge in [-0.1, -0.05) is 15.9 Å². The summed E-state index contributed by atoms with van der Waals surface area (Å²) < 4.78 is 1.27. The Morgan fingerprint density at radius 1 is 1.33 bits per heavy atom. The first-order valence-corrected chi connectivity index (χ1v) is 4.62. The zero-order valence-corrected chi connectivity index (χ0v) is 9.02. The monoisotopic (exact) mass is 287 g/mol.